The molecule has 30 heavy (non-hydrogen) atoms. The average molecular weight is 532 g/mol. The highest BCUT2D eigenvalue weighted by molar-refractivity contribution is 9.11. The Morgan fingerprint density at radius 2 is 1.77 bits per heavy atom. The fourth-order valence-electron chi connectivity index (χ4n) is 3.51. The zero-order chi connectivity index (χ0) is 21.1. The van der Waals surface area contributed by atoms with Crippen LogP contribution in [0, 0.1) is 0 Å². The van der Waals surface area contributed by atoms with Gasteiger partial charge in [0.05, 0.1) is 4.47 Å². The zero-order valence-corrected chi connectivity index (χ0v) is 19.4. The molecule has 0 bridgehead atoms. The first kappa shape index (κ1) is 21.0. The number of hydrogen-bond acceptors (Lipinski definition) is 4. The second kappa shape index (κ2) is 9.29. The Bertz CT molecular complexity index is 1150. The first-order chi connectivity index (χ1) is 14.5. The van der Waals surface area contributed by atoms with E-state index < -0.39 is 5.63 Å². The molecule has 1 fully saturated rings. The van der Waals surface area contributed by atoms with Gasteiger partial charge in [-0.25, -0.2) is 4.79 Å². The van der Waals surface area contributed by atoms with Crippen LogP contribution in [0.4, 0.5) is 0 Å². The van der Waals surface area contributed by atoms with E-state index >= 15 is 0 Å². The first-order valence-corrected chi connectivity index (χ1v) is 11.3. The van der Waals surface area contributed by atoms with Crippen molar-refractivity contribution in [3.8, 4) is 0 Å². The molecule has 1 saturated heterocycles. The minimum absolute atomic E-state index is 0.0740. The van der Waals surface area contributed by atoms with E-state index in [0.717, 1.165) is 24.1 Å². The maximum atomic E-state index is 12.9. The number of amides is 1. The Kier molecular flexibility index (Phi) is 6.51. The Morgan fingerprint density at radius 3 is 2.50 bits per heavy atom. The van der Waals surface area contributed by atoms with Crippen LogP contribution in [0.5, 0.6) is 0 Å². The predicted octanol–water partition coefficient (Wildman–Crippen LogP) is 4.79. The quantitative estimate of drug-likeness (QED) is 0.454. The normalized spacial score (nSPS) is 15.2. The van der Waals surface area contributed by atoms with Gasteiger partial charge in [-0.3, -0.25) is 9.69 Å². The Labute approximate surface area is 191 Å². The van der Waals surface area contributed by atoms with Crippen LogP contribution in [0.3, 0.4) is 0 Å². The van der Waals surface area contributed by atoms with Gasteiger partial charge in [-0.1, -0.05) is 58.4 Å². The van der Waals surface area contributed by atoms with E-state index in [1.807, 2.05) is 24.3 Å². The summed E-state index contributed by atoms with van der Waals surface area (Å²) >= 11 is 6.82. The van der Waals surface area contributed by atoms with E-state index in [1.54, 1.807) is 17.0 Å². The number of halogens is 2. The van der Waals surface area contributed by atoms with Crippen molar-refractivity contribution in [2.24, 2.45) is 0 Å². The van der Waals surface area contributed by atoms with Crippen molar-refractivity contribution in [1.29, 1.82) is 0 Å². The molecule has 5 nitrogen and oxygen atoms in total. The van der Waals surface area contributed by atoms with Crippen LogP contribution in [0.15, 0.2) is 72.8 Å². The lowest BCUT2D eigenvalue weighted by molar-refractivity contribution is 0.0646. The summed E-state index contributed by atoms with van der Waals surface area (Å²) in [6.07, 6.45) is 4.24. The fraction of sp³-hybridized carbons (Fsp3) is 0.217. The zero-order valence-electron chi connectivity index (χ0n) is 16.2. The van der Waals surface area contributed by atoms with Gasteiger partial charge in [0.1, 0.15) is 5.56 Å². The van der Waals surface area contributed by atoms with Crippen LogP contribution in [0.1, 0.15) is 15.9 Å². The van der Waals surface area contributed by atoms with Crippen molar-refractivity contribution >= 4 is 54.8 Å². The van der Waals surface area contributed by atoms with Crippen LogP contribution in [-0.2, 0) is 0 Å². The second-order valence-corrected chi connectivity index (χ2v) is 8.93. The molecular weight excluding hydrogens is 512 g/mol. The van der Waals surface area contributed by atoms with Crippen molar-refractivity contribution in [2.45, 2.75) is 0 Å². The van der Waals surface area contributed by atoms with Gasteiger partial charge >= 0.3 is 5.63 Å². The number of nitrogens with zero attached hydrogens (tertiary/aromatic N) is 2. The topological polar surface area (TPSA) is 53.8 Å². The second-order valence-electron chi connectivity index (χ2n) is 7.16. The molecule has 0 N–H and O–H groups in total. The molecule has 0 unspecified atom stereocenters. The standard InChI is InChI=1S/C23H20Br2N2O3/c24-18-13-17-14-19(23(29)30-21(17)20(25)15-18)22(28)27-11-9-26(10-12-27)8-4-7-16-5-2-1-3-6-16/h1-7,13-15H,8-12H2/b7-4-. The van der Waals surface area contributed by atoms with Crippen molar-refractivity contribution < 1.29 is 9.21 Å². The molecule has 3 aromatic rings. The van der Waals surface area contributed by atoms with Gasteiger partial charge in [-0.2, -0.15) is 0 Å². The van der Waals surface area contributed by atoms with Gasteiger partial charge in [0.25, 0.3) is 5.91 Å². The summed E-state index contributed by atoms with van der Waals surface area (Å²) in [6, 6.07) is 15.4. The Balaban J connectivity index is 1.41. The minimum atomic E-state index is -0.608. The summed E-state index contributed by atoms with van der Waals surface area (Å²) in [5.74, 6) is -0.277. The van der Waals surface area contributed by atoms with Crippen LogP contribution in [0.25, 0.3) is 17.0 Å². The summed E-state index contributed by atoms with van der Waals surface area (Å²) in [5.41, 5.74) is 1.08. The van der Waals surface area contributed by atoms with Gasteiger partial charge in [0.2, 0.25) is 0 Å². The number of hydrogen-bond donors (Lipinski definition) is 0. The molecule has 1 amide bonds. The molecule has 0 spiro atoms. The van der Waals surface area contributed by atoms with E-state index in [2.05, 4.69) is 61.0 Å². The molecule has 0 saturated carbocycles. The fourth-order valence-corrected chi connectivity index (χ4v) is 4.85. The highest BCUT2D eigenvalue weighted by Gasteiger charge is 2.25. The Hall–Kier alpha value is -2.22. The van der Waals surface area contributed by atoms with Crippen LogP contribution < -0.4 is 5.63 Å². The predicted molar refractivity (Wildman–Crippen MR) is 126 cm³/mol. The molecule has 7 heteroatoms. The molecule has 2 heterocycles. The van der Waals surface area contributed by atoms with Gasteiger partial charge < -0.3 is 9.32 Å². The van der Waals surface area contributed by atoms with Crippen LogP contribution >= 0.6 is 31.9 Å². The van der Waals surface area contributed by atoms with Crippen molar-refractivity contribution in [3.05, 3.63) is 85.1 Å². The van der Waals surface area contributed by atoms with Gasteiger partial charge in [-0.05, 0) is 39.7 Å². The highest BCUT2D eigenvalue weighted by atomic mass is 79.9. The lowest BCUT2D eigenvalue weighted by atomic mass is 10.1. The number of carbonyl (C=O) groups excluding carboxylic acids is 1. The number of benzene rings is 2. The summed E-state index contributed by atoms with van der Waals surface area (Å²) < 4.78 is 6.92. The molecule has 4 rings (SSSR count). The van der Waals surface area contributed by atoms with Crippen LogP contribution in [-0.4, -0.2) is 48.4 Å². The largest absolute Gasteiger partial charge is 0.421 e. The van der Waals surface area contributed by atoms with E-state index in [9.17, 15) is 9.59 Å². The molecule has 154 valence electrons. The smallest absolute Gasteiger partial charge is 0.349 e. The molecule has 0 radical (unpaired) electrons. The SMILES string of the molecule is O=C(c1cc2cc(Br)cc(Br)c2oc1=O)N1CCN(C/C=C\c2ccccc2)CC1. The van der Waals surface area contributed by atoms with E-state index in [-0.39, 0.29) is 11.5 Å². The molecular formula is C23H20Br2N2O3. The third kappa shape index (κ3) is 4.74. The first-order valence-electron chi connectivity index (χ1n) is 9.67. The average Bonchev–Trinajstić information content (AvgIpc) is 2.75. The maximum absolute atomic E-state index is 12.9. The highest BCUT2D eigenvalue weighted by Crippen LogP contribution is 2.28. The Morgan fingerprint density at radius 1 is 1.03 bits per heavy atom. The molecule has 0 atom stereocenters. The number of piperazine rings is 1. The van der Waals surface area contributed by atoms with Gasteiger partial charge in [-0.15, -0.1) is 0 Å². The van der Waals surface area contributed by atoms with E-state index in [0.29, 0.717) is 28.5 Å². The third-order valence-corrected chi connectivity index (χ3v) is 6.16. The minimum Gasteiger partial charge on any atom is -0.421 e. The molecule has 1 aromatic heterocycles. The van der Waals surface area contributed by atoms with E-state index in [4.69, 9.17) is 4.42 Å². The monoisotopic (exact) mass is 530 g/mol. The summed E-state index contributed by atoms with van der Waals surface area (Å²) in [4.78, 5) is 29.4. The molecule has 2 aromatic carbocycles. The van der Waals surface area contributed by atoms with Gasteiger partial charge in [0.15, 0.2) is 5.58 Å². The van der Waals surface area contributed by atoms with E-state index in [1.165, 1.54) is 5.56 Å². The third-order valence-electron chi connectivity index (χ3n) is 5.12. The molecule has 0 aliphatic carbocycles. The summed E-state index contributed by atoms with van der Waals surface area (Å²) in [6.45, 7) is 3.52. The maximum Gasteiger partial charge on any atom is 0.349 e. The number of rotatable bonds is 4. The summed E-state index contributed by atoms with van der Waals surface area (Å²) in [7, 11) is 0. The van der Waals surface area contributed by atoms with Crippen molar-refractivity contribution in [2.75, 3.05) is 32.7 Å². The lowest BCUT2D eigenvalue weighted by Gasteiger charge is -2.34. The van der Waals surface area contributed by atoms with Crippen molar-refractivity contribution in [1.82, 2.24) is 9.80 Å². The summed E-state index contributed by atoms with van der Waals surface area (Å²) in [5, 5.41) is 0.698. The number of fused-ring (bicyclic) bond motifs is 1. The van der Waals surface area contributed by atoms with Gasteiger partial charge in [0, 0.05) is 42.6 Å². The van der Waals surface area contributed by atoms with Crippen molar-refractivity contribution in [3.63, 3.8) is 0 Å². The molecule has 1 aliphatic rings. The number of carbonyl (C=O) groups is 1. The lowest BCUT2D eigenvalue weighted by Crippen LogP contribution is -2.49. The van der Waals surface area contributed by atoms with Crippen LogP contribution in [0.2, 0.25) is 0 Å². The molecule has 1 aliphatic heterocycles.